The molecule has 0 saturated carbocycles. The zero-order valence-corrected chi connectivity index (χ0v) is 42.5. The van der Waals surface area contributed by atoms with E-state index < -0.39 is 6.04 Å². The Morgan fingerprint density at radius 1 is 0.533 bits per heavy atom. The molecule has 0 rings (SSSR count). The van der Waals surface area contributed by atoms with Gasteiger partial charge in [0.05, 0.1) is 144 Å². The molecule has 0 spiro atoms. The van der Waals surface area contributed by atoms with E-state index in [1.54, 1.807) is 6.92 Å². The summed E-state index contributed by atoms with van der Waals surface area (Å²) < 4.78 is 65.7. The third kappa shape index (κ3) is 57.1. The van der Waals surface area contributed by atoms with Gasteiger partial charge in [-0.3, -0.25) is 9.59 Å². The number of hydrogen-bond acceptors (Lipinski definition) is 15. The number of carbonyl (C=O) groups is 2. The average Bonchev–Trinajstić information content (AvgIpc) is 3.24. The van der Waals surface area contributed by atoms with Crippen molar-refractivity contribution in [1.82, 2.24) is 16.0 Å². The van der Waals surface area contributed by atoms with Crippen LogP contribution in [0.25, 0.3) is 0 Å². The van der Waals surface area contributed by atoms with Crippen LogP contribution in [0.3, 0.4) is 0 Å². The minimum absolute atomic E-state index is 0. The number of nitrogens with one attached hydrogen (secondary N) is 3. The summed E-state index contributed by atoms with van der Waals surface area (Å²) in [5.74, 6) is -0.473. The van der Waals surface area contributed by atoms with E-state index in [1.165, 1.54) is 0 Å². The Morgan fingerprint density at radius 2 is 0.950 bits per heavy atom. The molecule has 0 saturated heterocycles. The van der Waals surface area contributed by atoms with Crippen molar-refractivity contribution >= 4 is 11.8 Å². The molecule has 0 fully saturated rings. The topological polar surface area (TPSA) is 181 Å². The van der Waals surface area contributed by atoms with Crippen molar-refractivity contribution in [3.63, 3.8) is 0 Å². The zero-order valence-electron chi connectivity index (χ0n) is 38.3. The van der Waals surface area contributed by atoms with Gasteiger partial charge in [0.2, 0.25) is 11.8 Å². The maximum Gasteiger partial charge on any atom is 2.00 e. The Morgan fingerprint density at radius 3 is 1.43 bits per heavy atom. The predicted octanol–water partition coefficient (Wildman–Crippen LogP) is 3.19. The van der Waals surface area contributed by atoms with Crippen LogP contribution in [0.4, 0.5) is 0 Å². The van der Waals surface area contributed by atoms with E-state index in [0.717, 1.165) is 12.1 Å². The molecule has 0 aromatic rings. The van der Waals surface area contributed by atoms with E-state index in [2.05, 4.69) is 36.4 Å². The fraction of sp³-hybridized carbons (Fsp3) is 0.857. The monoisotopic (exact) mass is 1090 g/mol. The SMILES string of the molecule is C=C(CCOCC(COCCC(=O)NCCOCCOCCOC[CH2-])NC(=O)COCCOCCOCCC)NCCOCCOCCOCCOC(C)C.CC.[CH2-]C.[U+2]. The molecule has 0 aliphatic carbocycles. The number of hydrogen-bond donors (Lipinski definition) is 3. The predicted molar refractivity (Wildman–Crippen MR) is 229 cm³/mol. The van der Waals surface area contributed by atoms with Crippen LogP contribution in [-0.2, 0) is 66.4 Å². The minimum Gasteiger partial charge on any atom is -0.411 e. The van der Waals surface area contributed by atoms with Gasteiger partial charge in [0.15, 0.2) is 0 Å². The van der Waals surface area contributed by atoms with Crippen molar-refractivity contribution in [2.45, 2.75) is 73.0 Å². The van der Waals surface area contributed by atoms with Crippen LogP contribution in [0.2, 0.25) is 0 Å². The zero-order chi connectivity index (χ0) is 44.3. The molecule has 0 aromatic heterocycles. The van der Waals surface area contributed by atoms with Crippen molar-refractivity contribution in [3.8, 4) is 0 Å². The molecule has 18 heteroatoms. The van der Waals surface area contributed by atoms with Crippen LogP contribution < -0.4 is 16.0 Å². The van der Waals surface area contributed by atoms with Gasteiger partial charge in [-0.05, 0) is 20.3 Å². The largest absolute Gasteiger partial charge is 2.00 e. The maximum atomic E-state index is 12.6. The Labute approximate surface area is 387 Å². The third-order valence-electron chi connectivity index (χ3n) is 6.85. The molecule has 1 unspecified atom stereocenters. The standard InChI is InChI=1S/C38H74N3O14.C2H6.C2H5.U/c1-6-12-45-19-22-50-27-28-54-33-38(43)41-36(32-53-14-9-37(42)40-11-16-47-21-23-48-18-17-44-7-2)31-52-13-8-35(5)39-10-15-46-20-24-49-25-26-51-29-30-55-34(3)4;2*1-2;/h34,36,39H,2,5-33H2,1,3-4H3,(H,40,42)(H,41,43);1-2H3;1H2,2H3;/q-1;;-1;+2. The molecule has 17 nitrogen and oxygen atoms in total. The quantitative estimate of drug-likeness (QED) is 0.0598. The van der Waals surface area contributed by atoms with E-state index >= 15 is 0 Å². The first-order valence-corrected chi connectivity index (χ1v) is 21.3. The van der Waals surface area contributed by atoms with Gasteiger partial charge in [0.1, 0.15) is 6.61 Å². The van der Waals surface area contributed by atoms with Gasteiger partial charge < -0.3 is 86.6 Å². The van der Waals surface area contributed by atoms with Gasteiger partial charge in [-0.15, -0.1) is 0 Å². The molecular weight excluding hydrogens is 1010 g/mol. The number of amides is 2. The summed E-state index contributed by atoms with van der Waals surface area (Å²) in [6.45, 7) is 33.1. The van der Waals surface area contributed by atoms with Gasteiger partial charge in [-0.25, -0.2) is 0 Å². The number of rotatable bonds is 45. The first-order chi connectivity index (χ1) is 28.9. The third-order valence-corrected chi connectivity index (χ3v) is 6.85. The summed E-state index contributed by atoms with van der Waals surface area (Å²) in [7, 11) is 0. The summed E-state index contributed by atoms with van der Waals surface area (Å²) in [4.78, 5) is 24.8. The number of ether oxygens (including phenoxy) is 12. The second-order valence-electron chi connectivity index (χ2n) is 12.2. The van der Waals surface area contributed by atoms with Crippen LogP contribution in [0.15, 0.2) is 12.3 Å². The molecule has 60 heavy (non-hydrogen) atoms. The van der Waals surface area contributed by atoms with Crippen molar-refractivity contribution in [2.75, 3.05) is 165 Å². The van der Waals surface area contributed by atoms with E-state index in [-0.39, 0.29) is 88.5 Å². The van der Waals surface area contributed by atoms with Crippen LogP contribution in [0.1, 0.15) is 60.8 Å². The maximum absolute atomic E-state index is 12.6. The summed E-state index contributed by atoms with van der Waals surface area (Å²) >= 11 is 0. The Bertz CT molecular complexity index is 869. The fourth-order valence-electron chi connectivity index (χ4n) is 4.13. The van der Waals surface area contributed by atoms with Crippen molar-refractivity contribution < 1.29 is 97.5 Å². The normalized spacial score (nSPS) is 11.2. The summed E-state index contributed by atoms with van der Waals surface area (Å²) in [6.07, 6.45) is 1.90. The van der Waals surface area contributed by atoms with E-state index in [0.29, 0.717) is 138 Å². The molecule has 0 radical (unpaired) electrons. The second kappa shape index (κ2) is 58.1. The van der Waals surface area contributed by atoms with Crippen LogP contribution in [0.5, 0.6) is 0 Å². The first-order valence-electron chi connectivity index (χ1n) is 21.3. The Hall–Kier alpha value is -0.948. The first kappa shape index (κ1) is 65.7. The van der Waals surface area contributed by atoms with Crippen LogP contribution in [-0.4, -0.2) is 189 Å². The van der Waals surface area contributed by atoms with Crippen molar-refractivity contribution in [1.29, 1.82) is 0 Å². The number of carbonyl (C=O) groups excluding carboxylic acids is 2. The molecule has 0 aliphatic rings. The molecule has 2 amide bonds. The van der Waals surface area contributed by atoms with Gasteiger partial charge in [-0.2, -0.15) is 6.92 Å². The van der Waals surface area contributed by atoms with Crippen LogP contribution >= 0.6 is 0 Å². The fourth-order valence-corrected chi connectivity index (χ4v) is 4.13. The van der Waals surface area contributed by atoms with Crippen molar-refractivity contribution in [3.05, 3.63) is 26.1 Å². The molecular formula is C42H85N3O14U. The van der Waals surface area contributed by atoms with Gasteiger partial charge in [0.25, 0.3) is 0 Å². The molecule has 0 aliphatic heterocycles. The van der Waals surface area contributed by atoms with Gasteiger partial charge >= 0.3 is 31.1 Å². The molecule has 0 bridgehead atoms. The van der Waals surface area contributed by atoms with Crippen molar-refractivity contribution in [2.24, 2.45) is 0 Å². The summed E-state index contributed by atoms with van der Waals surface area (Å²) in [6, 6.07) is -0.450. The van der Waals surface area contributed by atoms with Gasteiger partial charge in [-0.1, -0.05) is 34.0 Å². The average molecular weight is 1090 g/mol. The molecule has 0 aromatic carbocycles. The minimum atomic E-state index is -0.450. The molecule has 3 N–H and O–H groups in total. The smallest absolute Gasteiger partial charge is 0.411 e. The molecule has 356 valence electrons. The summed E-state index contributed by atoms with van der Waals surface area (Å²) in [5, 5.41) is 8.90. The van der Waals surface area contributed by atoms with Crippen LogP contribution in [0, 0.1) is 45.0 Å². The van der Waals surface area contributed by atoms with Gasteiger partial charge in [0, 0.05) is 38.2 Å². The van der Waals surface area contributed by atoms with E-state index in [4.69, 9.17) is 56.8 Å². The Kier molecular flexibility index (Phi) is 63.5. The van der Waals surface area contributed by atoms with E-state index in [9.17, 15) is 9.59 Å². The Balaban J connectivity index is -0.00000303. The van der Waals surface area contributed by atoms with E-state index in [1.807, 2.05) is 34.6 Å². The second-order valence-corrected chi connectivity index (χ2v) is 12.2. The summed E-state index contributed by atoms with van der Waals surface area (Å²) in [5.41, 5.74) is 0.808. The molecule has 0 heterocycles. The molecule has 1 atom stereocenters.